The molecule has 0 aliphatic carbocycles. The number of hydrogen-bond donors (Lipinski definition) is 1. The van der Waals surface area contributed by atoms with Crippen molar-refractivity contribution in [3.63, 3.8) is 0 Å². The van der Waals surface area contributed by atoms with Gasteiger partial charge in [0, 0.05) is 28.5 Å². The van der Waals surface area contributed by atoms with Gasteiger partial charge in [0.15, 0.2) is 5.82 Å². The number of anilines is 1. The molecule has 0 aliphatic heterocycles. The number of amides is 1. The zero-order chi connectivity index (χ0) is 19.8. The molecule has 2 heterocycles. The van der Waals surface area contributed by atoms with Crippen LogP contribution >= 0.6 is 23.2 Å². The summed E-state index contributed by atoms with van der Waals surface area (Å²) in [5.41, 5.74) is 0.124. The van der Waals surface area contributed by atoms with E-state index in [1.807, 2.05) is 6.92 Å². The zero-order valence-electron chi connectivity index (χ0n) is 15.0. The Kier molecular flexibility index (Phi) is 5.26. The molecule has 27 heavy (non-hydrogen) atoms. The van der Waals surface area contributed by atoms with Crippen molar-refractivity contribution in [2.45, 2.75) is 32.9 Å². The average molecular weight is 410 g/mol. The number of nitrogens with one attached hydrogen (secondary N) is 1. The molecule has 3 aromatic rings. The van der Waals surface area contributed by atoms with Gasteiger partial charge >= 0.3 is 0 Å². The Bertz CT molecular complexity index is 975. The van der Waals surface area contributed by atoms with Gasteiger partial charge in [-0.1, -0.05) is 29.3 Å². The molecule has 0 saturated carbocycles. The van der Waals surface area contributed by atoms with E-state index in [0.29, 0.717) is 21.4 Å². The number of benzene rings is 1. The average Bonchev–Trinajstić information content (AvgIpc) is 3.17. The minimum Gasteiger partial charge on any atom is -0.307 e. The van der Waals surface area contributed by atoms with E-state index in [9.17, 15) is 9.18 Å². The third-order valence-electron chi connectivity index (χ3n) is 4.27. The Labute approximate surface area is 165 Å². The van der Waals surface area contributed by atoms with Crippen molar-refractivity contribution in [2.24, 2.45) is 0 Å². The monoisotopic (exact) mass is 409 g/mol. The maximum Gasteiger partial charge on any atom is 0.252 e. The van der Waals surface area contributed by atoms with E-state index in [1.54, 1.807) is 42.9 Å². The smallest absolute Gasteiger partial charge is 0.252 e. The molecule has 1 N–H and O–H groups in total. The molecule has 0 fully saturated rings. The van der Waals surface area contributed by atoms with Gasteiger partial charge in [-0.05, 0) is 32.9 Å². The van der Waals surface area contributed by atoms with Crippen LogP contribution in [0, 0.1) is 12.7 Å². The van der Waals surface area contributed by atoms with Gasteiger partial charge in [0.1, 0.15) is 11.4 Å². The number of hydrogen-bond acceptors (Lipinski definition) is 3. The molecular weight excluding hydrogens is 392 g/mol. The van der Waals surface area contributed by atoms with Crippen molar-refractivity contribution in [1.29, 1.82) is 0 Å². The van der Waals surface area contributed by atoms with Crippen molar-refractivity contribution in [2.75, 3.05) is 5.32 Å². The quantitative estimate of drug-likeness (QED) is 0.684. The first-order valence-corrected chi connectivity index (χ1v) is 8.93. The molecule has 9 heteroatoms. The highest BCUT2D eigenvalue weighted by Gasteiger charge is 2.31. The molecule has 0 spiro atoms. The molecule has 0 radical (unpaired) electrons. The summed E-state index contributed by atoms with van der Waals surface area (Å²) in [5, 5.41) is 12.0. The standard InChI is InChI=1S/C18H18Cl2FN5O/c1-11-7-16(23-17(27)18(2,3)26-9-12(19)8-22-26)24-25(11)10-13-14(20)5-4-6-15(13)21/h4-9H,10H2,1-3H3,(H,23,24,27). The zero-order valence-corrected chi connectivity index (χ0v) is 16.5. The lowest BCUT2D eigenvalue weighted by molar-refractivity contribution is -0.123. The maximum atomic E-state index is 14.0. The predicted octanol–water partition coefficient (Wildman–Crippen LogP) is 4.26. The van der Waals surface area contributed by atoms with Crippen LogP contribution in [0.1, 0.15) is 25.1 Å². The summed E-state index contributed by atoms with van der Waals surface area (Å²) in [4.78, 5) is 12.7. The van der Waals surface area contributed by atoms with Crippen LogP contribution in [-0.4, -0.2) is 25.5 Å². The molecule has 0 bridgehead atoms. The van der Waals surface area contributed by atoms with Crippen LogP contribution in [-0.2, 0) is 16.9 Å². The molecule has 1 aromatic carbocycles. The van der Waals surface area contributed by atoms with Gasteiger partial charge in [0.25, 0.3) is 5.91 Å². The molecular formula is C18H18Cl2FN5O. The summed E-state index contributed by atoms with van der Waals surface area (Å²) in [5.74, 6) is -0.355. The fraction of sp³-hybridized carbons (Fsp3) is 0.278. The summed E-state index contributed by atoms with van der Waals surface area (Å²) in [7, 11) is 0. The number of carbonyl (C=O) groups is 1. The maximum absolute atomic E-state index is 14.0. The molecule has 0 aliphatic rings. The number of nitrogens with zero attached hydrogens (tertiary/aromatic N) is 4. The summed E-state index contributed by atoms with van der Waals surface area (Å²) in [6.07, 6.45) is 3.04. The van der Waals surface area contributed by atoms with Gasteiger partial charge in [0.2, 0.25) is 0 Å². The Morgan fingerprint density at radius 2 is 2.07 bits per heavy atom. The topological polar surface area (TPSA) is 64.7 Å². The van der Waals surface area contributed by atoms with Gasteiger partial charge in [-0.2, -0.15) is 10.2 Å². The lowest BCUT2D eigenvalue weighted by atomic mass is 10.1. The first-order valence-electron chi connectivity index (χ1n) is 8.18. The third kappa shape index (κ3) is 3.99. The fourth-order valence-corrected chi connectivity index (χ4v) is 2.90. The van der Waals surface area contributed by atoms with Crippen molar-refractivity contribution in [3.8, 4) is 0 Å². The van der Waals surface area contributed by atoms with E-state index in [4.69, 9.17) is 23.2 Å². The van der Waals surface area contributed by atoms with Crippen molar-refractivity contribution in [1.82, 2.24) is 19.6 Å². The molecule has 2 aromatic heterocycles. The van der Waals surface area contributed by atoms with Gasteiger partial charge in [-0.15, -0.1) is 0 Å². The lowest BCUT2D eigenvalue weighted by Crippen LogP contribution is -2.40. The Hall–Kier alpha value is -2.38. The Morgan fingerprint density at radius 1 is 1.33 bits per heavy atom. The second kappa shape index (κ2) is 7.32. The summed E-state index contributed by atoms with van der Waals surface area (Å²) < 4.78 is 17.1. The largest absolute Gasteiger partial charge is 0.307 e. The summed E-state index contributed by atoms with van der Waals surface area (Å²) in [6, 6.07) is 6.23. The van der Waals surface area contributed by atoms with E-state index in [-0.39, 0.29) is 12.5 Å². The van der Waals surface area contributed by atoms with Crippen molar-refractivity contribution < 1.29 is 9.18 Å². The van der Waals surface area contributed by atoms with Crippen LogP contribution < -0.4 is 5.32 Å². The Morgan fingerprint density at radius 3 is 2.70 bits per heavy atom. The second-order valence-corrected chi connectivity index (χ2v) is 7.49. The molecule has 6 nitrogen and oxygen atoms in total. The fourth-order valence-electron chi connectivity index (χ4n) is 2.54. The number of aromatic nitrogens is 4. The normalized spacial score (nSPS) is 11.6. The van der Waals surface area contributed by atoms with Crippen LogP contribution in [0.15, 0.2) is 36.7 Å². The first-order chi connectivity index (χ1) is 12.7. The van der Waals surface area contributed by atoms with Gasteiger partial charge in [-0.25, -0.2) is 4.39 Å². The molecule has 0 saturated heterocycles. The minimum absolute atomic E-state index is 0.158. The van der Waals surface area contributed by atoms with Crippen LogP contribution in [0.3, 0.4) is 0 Å². The Balaban J connectivity index is 1.79. The number of aryl methyl sites for hydroxylation is 1. The first kappa shape index (κ1) is 19.4. The van der Waals surface area contributed by atoms with Gasteiger partial charge < -0.3 is 5.32 Å². The minimum atomic E-state index is -0.973. The van der Waals surface area contributed by atoms with E-state index in [0.717, 1.165) is 5.69 Å². The van der Waals surface area contributed by atoms with Gasteiger partial charge in [0.05, 0.1) is 17.8 Å². The number of carbonyl (C=O) groups excluding carboxylic acids is 1. The highest BCUT2D eigenvalue weighted by atomic mass is 35.5. The summed E-state index contributed by atoms with van der Waals surface area (Å²) >= 11 is 12.0. The third-order valence-corrected chi connectivity index (χ3v) is 4.82. The second-order valence-electron chi connectivity index (χ2n) is 6.65. The van der Waals surface area contributed by atoms with Crippen molar-refractivity contribution >= 4 is 34.9 Å². The van der Waals surface area contributed by atoms with E-state index in [2.05, 4.69) is 15.5 Å². The lowest BCUT2D eigenvalue weighted by Gasteiger charge is -2.23. The van der Waals surface area contributed by atoms with E-state index < -0.39 is 11.4 Å². The molecule has 0 atom stereocenters. The molecule has 142 valence electrons. The van der Waals surface area contributed by atoms with Crippen LogP contribution in [0.5, 0.6) is 0 Å². The highest BCUT2D eigenvalue weighted by molar-refractivity contribution is 6.31. The van der Waals surface area contributed by atoms with Crippen LogP contribution in [0.4, 0.5) is 10.2 Å². The van der Waals surface area contributed by atoms with E-state index in [1.165, 1.54) is 16.9 Å². The number of halogens is 3. The highest BCUT2D eigenvalue weighted by Crippen LogP contribution is 2.23. The number of rotatable bonds is 5. The summed E-state index contributed by atoms with van der Waals surface area (Å²) in [6.45, 7) is 5.41. The SMILES string of the molecule is Cc1cc(NC(=O)C(C)(C)n2cc(Cl)cn2)nn1Cc1c(F)cccc1Cl. The van der Waals surface area contributed by atoms with Crippen LogP contribution in [0.25, 0.3) is 0 Å². The van der Waals surface area contributed by atoms with E-state index >= 15 is 0 Å². The molecule has 3 rings (SSSR count). The van der Waals surface area contributed by atoms with Gasteiger partial charge in [-0.3, -0.25) is 14.2 Å². The van der Waals surface area contributed by atoms with Crippen molar-refractivity contribution in [3.05, 3.63) is 63.8 Å². The molecule has 1 amide bonds. The molecule has 0 unspecified atom stereocenters. The van der Waals surface area contributed by atoms with Crippen LogP contribution in [0.2, 0.25) is 10.0 Å². The predicted molar refractivity (Wildman–Crippen MR) is 103 cm³/mol.